The van der Waals surface area contributed by atoms with Crippen molar-refractivity contribution in [3.8, 4) is 23.3 Å². The van der Waals surface area contributed by atoms with E-state index in [9.17, 15) is 10.4 Å². The second kappa shape index (κ2) is 7.10. The number of nitrogens with two attached hydrogens (primary N) is 1. The Kier molecular flexibility index (Phi) is 4.62. The highest BCUT2D eigenvalue weighted by molar-refractivity contribution is 9.10. The molecule has 0 saturated heterocycles. The van der Waals surface area contributed by atoms with E-state index in [0.29, 0.717) is 28.2 Å². The predicted octanol–water partition coefficient (Wildman–Crippen LogP) is 4.92. The fourth-order valence-electron chi connectivity index (χ4n) is 3.56. The van der Waals surface area contributed by atoms with Gasteiger partial charge in [0.25, 0.3) is 0 Å². The Morgan fingerprint density at radius 1 is 1.25 bits per heavy atom. The first-order chi connectivity index (χ1) is 13.5. The minimum absolute atomic E-state index is 0.0202. The number of hydrogen-bond acceptors (Lipinski definition) is 5. The van der Waals surface area contributed by atoms with Gasteiger partial charge >= 0.3 is 0 Å². The highest BCUT2D eigenvalue weighted by Crippen LogP contribution is 2.47. The molecule has 0 fully saturated rings. The van der Waals surface area contributed by atoms with Crippen LogP contribution in [0.15, 0.2) is 64.5 Å². The maximum Gasteiger partial charge on any atom is 0.205 e. The van der Waals surface area contributed by atoms with Crippen LogP contribution in [0.1, 0.15) is 24.0 Å². The Morgan fingerprint density at radius 3 is 2.79 bits per heavy atom. The molecule has 3 aromatic rings. The molecule has 0 saturated carbocycles. The lowest BCUT2D eigenvalue weighted by atomic mass is 9.82. The van der Waals surface area contributed by atoms with Crippen LogP contribution in [0, 0.1) is 11.3 Å². The zero-order valence-electron chi connectivity index (χ0n) is 15.1. The highest BCUT2D eigenvalue weighted by atomic mass is 79.9. The molecule has 0 radical (unpaired) electrons. The summed E-state index contributed by atoms with van der Waals surface area (Å²) in [7, 11) is 0. The Hall–Kier alpha value is -3.17. The summed E-state index contributed by atoms with van der Waals surface area (Å²) in [5.41, 5.74) is 8.06. The number of hydrogen-bond donors (Lipinski definition) is 2. The molecule has 0 spiro atoms. The van der Waals surface area contributed by atoms with Gasteiger partial charge in [-0.3, -0.25) is 0 Å². The van der Waals surface area contributed by atoms with Crippen LogP contribution in [0.3, 0.4) is 0 Å². The van der Waals surface area contributed by atoms with Gasteiger partial charge in [0, 0.05) is 10.9 Å². The van der Waals surface area contributed by atoms with Crippen molar-refractivity contribution >= 4 is 26.7 Å². The molecule has 3 aromatic carbocycles. The number of ether oxygens (including phenoxy) is 2. The van der Waals surface area contributed by atoms with Gasteiger partial charge in [0.1, 0.15) is 17.4 Å². The zero-order valence-corrected chi connectivity index (χ0v) is 16.7. The first kappa shape index (κ1) is 18.2. The molecule has 1 aliphatic rings. The standard InChI is InChI=1S/C22H17BrN2O3/c1-2-27-18-10-13(9-17(23)20(18)26)19-15-8-7-12-5-3-4-6-14(12)21(15)28-22(25)16(19)11-24/h3-10,19,26H,2,25H2,1H3/t19-/m1/s1. The first-order valence-corrected chi connectivity index (χ1v) is 9.58. The van der Waals surface area contributed by atoms with E-state index in [4.69, 9.17) is 15.2 Å². The Morgan fingerprint density at radius 2 is 2.04 bits per heavy atom. The van der Waals surface area contributed by atoms with E-state index < -0.39 is 5.92 Å². The van der Waals surface area contributed by atoms with Gasteiger partial charge in [0.2, 0.25) is 5.88 Å². The van der Waals surface area contributed by atoms with Gasteiger partial charge in [-0.25, -0.2) is 0 Å². The molecule has 5 nitrogen and oxygen atoms in total. The van der Waals surface area contributed by atoms with Crippen LogP contribution in [-0.4, -0.2) is 11.7 Å². The lowest BCUT2D eigenvalue weighted by Gasteiger charge is -2.28. The maximum absolute atomic E-state index is 10.3. The van der Waals surface area contributed by atoms with Crippen molar-refractivity contribution < 1.29 is 14.6 Å². The van der Waals surface area contributed by atoms with Crippen LogP contribution in [0.5, 0.6) is 17.2 Å². The fraction of sp³-hybridized carbons (Fsp3) is 0.136. The minimum Gasteiger partial charge on any atom is -0.503 e. The van der Waals surface area contributed by atoms with E-state index in [0.717, 1.165) is 21.9 Å². The number of phenolic OH excluding ortho intramolecular Hbond substituents is 1. The molecular weight excluding hydrogens is 420 g/mol. The van der Waals surface area contributed by atoms with Crippen LogP contribution in [-0.2, 0) is 0 Å². The van der Waals surface area contributed by atoms with E-state index >= 15 is 0 Å². The second-order valence-electron chi connectivity index (χ2n) is 6.41. The van der Waals surface area contributed by atoms with Crippen molar-refractivity contribution in [2.45, 2.75) is 12.8 Å². The normalized spacial score (nSPS) is 15.7. The Balaban J connectivity index is 1.99. The van der Waals surface area contributed by atoms with Crippen molar-refractivity contribution in [1.29, 1.82) is 5.26 Å². The van der Waals surface area contributed by atoms with E-state index in [-0.39, 0.29) is 11.6 Å². The molecule has 1 aliphatic heterocycles. The number of allylic oxidation sites excluding steroid dienone is 1. The van der Waals surface area contributed by atoms with Gasteiger partial charge in [0.05, 0.1) is 17.0 Å². The molecule has 1 heterocycles. The SMILES string of the molecule is CCOc1cc([C@H]2C(C#N)=C(N)Oc3c2ccc2ccccc32)cc(Br)c1O. The Labute approximate surface area is 170 Å². The molecule has 0 unspecified atom stereocenters. The summed E-state index contributed by atoms with van der Waals surface area (Å²) in [6, 6.07) is 17.5. The summed E-state index contributed by atoms with van der Waals surface area (Å²) in [6.07, 6.45) is 0. The molecular formula is C22H17BrN2O3. The average molecular weight is 437 g/mol. The van der Waals surface area contributed by atoms with Crippen molar-refractivity contribution in [1.82, 2.24) is 0 Å². The number of aromatic hydroxyl groups is 1. The number of halogens is 1. The van der Waals surface area contributed by atoms with E-state index in [1.165, 1.54) is 0 Å². The molecule has 4 rings (SSSR count). The van der Waals surface area contributed by atoms with Crippen LogP contribution in [0.2, 0.25) is 0 Å². The third kappa shape index (κ3) is 2.85. The van der Waals surface area contributed by atoms with E-state index in [1.54, 1.807) is 12.1 Å². The molecule has 6 heteroatoms. The molecule has 0 bridgehead atoms. The molecule has 0 aromatic heterocycles. The summed E-state index contributed by atoms with van der Waals surface area (Å²) >= 11 is 3.38. The molecule has 1 atom stereocenters. The van der Waals surface area contributed by atoms with E-state index in [2.05, 4.69) is 22.0 Å². The number of benzene rings is 3. The van der Waals surface area contributed by atoms with Crippen LogP contribution < -0.4 is 15.2 Å². The third-order valence-corrected chi connectivity index (χ3v) is 5.40. The van der Waals surface area contributed by atoms with Crippen molar-refractivity contribution in [2.24, 2.45) is 5.73 Å². The monoisotopic (exact) mass is 436 g/mol. The van der Waals surface area contributed by atoms with E-state index in [1.807, 2.05) is 43.3 Å². The molecule has 28 heavy (non-hydrogen) atoms. The van der Waals surface area contributed by atoms with Gasteiger partial charge in [-0.05, 0) is 45.9 Å². The van der Waals surface area contributed by atoms with Crippen LogP contribution in [0.25, 0.3) is 10.8 Å². The number of phenols is 1. The summed E-state index contributed by atoms with van der Waals surface area (Å²) in [6.45, 7) is 2.25. The summed E-state index contributed by atoms with van der Waals surface area (Å²) in [5.74, 6) is 0.651. The lowest BCUT2D eigenvalue weighted by Crippen LogP contribution is -2.21. The maximum atomic E-state index is 10.3. The molecule has 3 N–H and O–H groups in total. The van der Waals surface area contributed by atoms with Gasteiger partial charge < -0.3 is 20.3 Å². The van der Waals surface area contributed by atoms with Gasteiger partial charge in [0.15, 0.2) is 11.5 Å². The van der Waals surface area contributed by atoms with Gasteiger partial charge in [-0.2, -0.15) is 5.26 Å². The number of nitriles is 1. The fourth-order valence-corrected chi connectivity index (χ4v) is 4.02. The highest BCUT2D eigenvalue weighted by Gasteiger charge is 2.32. The zero-order chi connectivity index (χ0) is 19.8. The molecule has 0 amide bonds. The van der Waals surface area contributed by atoms with Gasteiger partial charge in [-0.15, -0.1) is 0 Å². The third-order valence-electron chi connectivity index (χ3n) is 4.79. The molecule has 0 aliphatic carbocycles. The number of rotatable bonds is 3. The smallest absolute Gasteiger partial charge is 0.205 e. The minimum atomic E-state index is -0.436. The number of fused-ring (bicyclic) bond motifs is 3. The second-order valence-corrected chi connectivity index (χ2v) is 7.27. The van der Waals surface area contributed by atoms with Crippen molar-refractivity contribution in [3.63, 3.8) is 0 Å². The van der Waals surface area contributed by atoms with Crippen LogP contribution in [0.4, 0.5) is 0 Å². The van der Waals surface area contributed by atoms with Crippen LogP contribution >= 0.6 is 15.9 Å². The largest absolute Gasteiger partial charge is 0.503 e. The van der Waals surface area contributed by atoms with Crippen molar-refractivity contribution in [2.75, 3.05) is 6.61 Å². The Bertz CT molecular complexity index is 1160. The predicted molar refractivity (Wildman–Crippen MR) is 110 cm³/mol. The average Bonchev–Trinajstić information content (AvgIpc) is 2.70. The lowest BCUT2D eigenvalue weighted by molar-refractivity contribution is 0.316. The summed E-state index contributed by atoms with van der Waals surface area (Å²) in [4.78, 5) is 0. The molecule has 140 valence electrons. The summed E-state index contributed by atoms with van der Waals surface area (Å²) < 4.78 is 11.9. The first-order valence-electron chi connectivity index (χ1n) is 8.79. The van der Waals surface area contributed by atoms with Crippen molar-refractivity contribution in [3.05, 3.63) is 75.6 Å². The number of nitrogens with zero attached hydrogens (tertiary/aromatic N) is 1. The van der Waals surface area contributed by atoms with Gasteiger partial charge in [-0.1, -0.05) is 36.4 Å². The topological polar surface area (TPSA) is 88.5 Å². The quantitative estimate of drug-likeness (QED) is 0.607. The summed E-state index contributed by atoms with van der Waals surface area (Å²) in [5, 5.41) is 22.0.